The summed E-state index contributed by atoms with van der Waals surface area (Å²) in [5.41, 5.74) is 11.6. The molecule has 0 spiro atoms. The molecule has 4 N–H and O–H groups in total. The summed E-state index contributed by atoms with van der Waals surface area (Å²) in [5.74, 6) is -1.66. The molecule has 3 rings (SSSR count). The molecule has 0 saturated heterocycles. The Morgan fingerprint density at radius 3 is 2.52 bits per heavy atom. The molecule has 1 amide bonds. The van der Waals surface area contributed by atoms with E-state index in [4.69, 9.17) is 28.9 Å². The number of nitrogens with two attached hydrogens (primary N) is 1. The number of amides is 1. The lowest BCUT2D eigenvalue weighted by Crippen LogP contribution is -2.54. The van der Waals surface area contributed by atoms with Gasteiger partial charge in [0.2, 0.25) is 5.91 Å². The first kappa shape index (κ1) is 21.4. The third-order valence-electron chi connectivity index (χ3n) is 5.07. The molecule has 2 aromatic carbocycles. The first-order valence-corrected chi connectivity index (χ1v) is 10.1. The summed E-state index contributed by atoms with van der Waals surface area (Å²) in [6.07, 6.45) is 2.05. The predicted octanol–water partition coefficient (Wildman–Crippen LogP) is 3.73. The van der Waals surface area contributed by atoms with Gasteiger partial charge in [0.1, 0.15) is 6.04 Å². The van der Waals surface area contributed by atoms with Crippen molar-refractivity contribution < 1.29 is 14.7 Å². The number of carboxylic acids is 1. The number of carbonyl (C=O) groups is 2. The van der Waals surface area contributed by atoms with Crippen LogP contribution in [-0.2, 0) is 16.0 Å². The molecule has 2 unspecified atom stereocenters. The quantitative estimate of drug-likeness (QED) is 0.642. The number of fused-ring (bicyclic) bond motifs is 1. The maximum Gasteiger partial charge on any atom is 0.328 e. The topological polar surface area (TPSA) is 95.7 Å². The van der Waals surface area contributed by atoms with E-state index in [0.29, 0.717) is 22.3 Å². The molecule has 29 heavy (non-hydrogen) atoms. The van der Waals surface area contributed by atoms with Crippen LogP contribution in [0.5, 0.6) is 0 Å². The molecule has 0 radical (unpaired) electrons. The molecule has 6 nitrogen and oxygen atoms in total. The van der Waals surface area contributed by atoms with Crippen LogP contribution in [0.15, 0.2) is 36.4 Å². The summed E-state index contributed by atoms with van der Waals surface area (Å²) in [6, 6.07) is 10.4. The first-order valence-electron chi connectivity index (χ1n) is 9.39. The molecule has 1 aliphatic rings. The van der Waals surface area contributed by atoms with Gasteiger partial charge in [-0.05, 0) is 49.1 Å². The van der Waals surface area contributed by atoms with Gasteiger partial charge in [0.25, 0.3) is 0 Å². The molecular formula is C21H23Cl2N3O3. The normalized spacial score (nSPS) is 18.3. The van der Waals surface area contributed by atoms with Crippen molar-refractivity contribution in [3.05, 3.63) is 63.1 Å². The van der Waals surface area contributed by atoms with Crippen LogP contribution in [0.2, 0.25) is 10.0 Å². The first-order chi connectivity index (χ1) is 13.8. The van der Waals surface area contributed by atoms with Crippen LogP contribution in [-0.4, -0.2) is 29.6 Å². The Balaban J connectivity index is 2.08. The van der Waals surface area contributed by atoms with Gasteiger partial charge in [-0.25, -0.2) is 4.79 Å². The van der Waals surface area contributed by atoms with Crippen LogP contribution in [0, 0.1) is 0 Å². The van der Waals surface area contributed by atoms with Crippen molar-refractivity contribution >= 4 is 40.8 Å². The fourth-order valence-corrected chi connectivity index (χ4v) is 4.39. The number of rotatable bonds is 6. The summed E-state index contributed by atoms with van der Waals surface area (Å²) < 4.78 is 0. The maximum absolute atomic E-state index is 12.0. The molecule has 0 fully saturated rings. The van der Waals surface area contributed by atoms with E-state index in [9.17, 15) is 14.7 Å². The second-order valence-corrected chi connectivity index (χ2v) is 7.98. The average Bonchev–Trinajstić information content (AvgIpc) is 2.66. The fourth-order valence-electron chi connectivity index (χ4n) is 3.77. The lowest BCUT2D eigenvalue weighted by Gasteiger charge is -2.40. The molecule has 8 heteroatoms. The van der Waals surface area contributed by atoms with Crippen LogP contribution in [0.1, 0.15) is 42.4 Å². The van der Waals surface area contributed by atoms with Crippen molar-refractivity contribution in [3.63, 3.8) is 0 Å². The highest BCUT2D eigenvalue weighted by Crippen LogP contribution is 2.46. The number of halogens is 2. The van der Waals surface area contributed by atoms with E-state index in [-0.39, 0.29) is 18.2 Å². The smallest absolute Gasteiger partial charge is 0.328 e. The molecule has 0 bridgehead atoms. The molecule has 0 aromatic heterocycles. The summed E-state index contributed by atoms with van der Waals surface area (Å²) in [5, 5.41) is 12.0. The minimum Gasteiger partial charge on any atom is -0.480 e. The average molecular weight is 436 g/mol. The molecule has 2 atom stereocenters. The number of aliphatic carboxylic acids is 1. The van der Waals surface area contributed by atoms with E-state index >= 15 is 0 Å². The second kappa shape index (κ2) is 9.03. The van der Waals surface area contributed by atoms with E-state index in [2.05, 4.69) is 5.43 Å². The Hall–Kier alpha value is -2.28. The fraction of sp³-hybridized carbons (Fsp3) is 0.333. The van der Waals surface area contributed by atoms with E-state index in [1.54, 1.807) is 12.1 Å². The number of carbonyl (C=O) groups excluding carboxylic acids is 1. The lowest BCUT2D eigenvalue weighted by molar-refractivity contribution is -0.139. The Morgan fingerprint density at radius 1 is 1.24 bits per heavy atom. The summed E-state index contributed by atoms with van der Waals surface area (Å²) >= 11 is 12.7. The van der Waals surface area contributed by atoms with Gasteiger partial charge in [-0.2, -0.15) is 0 Å². The number of hydrogen-bond donors (Lipinski definition) is 3. The van der Waals surface area contributed by atoms with Crippen LogP contribution in [0.4, 0.5) is 5.69 Å². The molecule has 1 heterocycles. The third kappa shape index (κ3) is 4.66. The number of aryl methyl sites for hydroxylation is 1. The van der Waals surface area contributed by atoms with Crippen molar-refractivity contribution in [1.29, 1.82) is 0 Å². The standard InChI is InChI=1S/C21H23Cl2N3O3/c1-12(27)25-26-18-10-15(22)9-17(23)20(18)16(11-19(26)21(28)29)14-6-4-13(5-7-14)3-2-8-24/h4-7,9-10,16,19H,2-3,8,11,24H2,1H3,(H,25,27)(H,28,29). The van der Waals surface area contributed by atoms with Crippen LogP contribution < -0.4 is 16.2 Å². The molecule has 2 aromatic rings. The van der Waals surface area contributed by atoms with Gasteiger partial charge < -0.3 is 10.8 Å². The number of nitrogens with zero attached hydrogens (tertiary/aromatic N) is 1. The van der Waals surface area contributed by atoms with Gasteiger partial charge in [0.05, 0.1) is 5.69 Å². The van der Waals surface area contributed by atoms with Crippen LogP contribution >= 0.6 is 23.2 Å². The number of hydrazine groups is 1. The van der Waals surface area contributed by atoms with Crippen LogP contribution in [0.25, 0.3) is 0 Å². The van der Waals surface area contributed by atoms with E-state index in [1.165, 1.54) is 17.5 Å². The summed E-state index contributed by atoms with van der Waals surface area (Å²) in [6.45, 7) is 1.96. The Morgan fingerprint density at radius 2 is 1.93 bits per heavy atom. The highest BCUT2D eigenvalue weighted by Gasteiger charge is 2.39. The molecule has 1 aliphatic heterocycles. The van der Waals surface area contributed by atoms with Crippen molar-refractivity contribution in [2.45, 2.75) is 38.1 Å². The van der Waals surface area contributed by atoms with Gasteiger partial charge in [-0.1, -0.05) is 47.5 Å². The summed E-state index contributed by atoms with van der Waals surface area (Å²) in [4.78, 5) is 23.7. The Kier molecular flexibility index (Phi) is 6.67. The maximum atomic E-state index is 12.0. The number of carboxylic acid groups (broad SMARTS) is 1. The number of benzene rings is 2. The van der Waals surface area contributed by atoms with Crippen molar-refractivity contribution in [1.82, 2.24) is 5.43 Å². The third-order valence-corrected chi connectivity index (χ3v) is 5.60. The van der Waals surface area contributed by atoms with Crippen LogP contribution in [0.3, 0.4) is 0 Å². The van der Waals surface area contributed by atoms with Gasteiger partial charge in [0.15, 0.2) is 0 Å². The van der Waals surface area contributed by atoms with Crippen molar-refractivity contribution in [2.75, 3.05) is 11.6 Å². The van der Waals surface area contributed by atoms with Gasteiger partial charge >= 0.3 is 5.97 Å². The highest BCUT2D eigenvalue weighted by molar-refractivity contribution is 6.35. The second-order valence-electron chi connectivity index (χ2n) is 7.13. The lowest BCUT2D eigenvalue weighted by atomic mass is 9.81. The minimum absolute atomic E-state index is 0.246. The number of anilines is 1. The molecule has 0 saturated carbocycles. The Labute approximate surface area is 179 Å². The van der Waals surface area contributed by atoms with E-state index in [0.717, 1.165) is 24.0 Å². The monoisotopic (exact) mass is 435 g/mol. The zero-order chi connectivity index (χ0) is 21.1. The number of hydrogen-bond acceptors (Lipinski definition) is 4. The highest BCUT2D eigenvalue weighted by atomic mass is 35.5. The van der Waals surface area contributed by atoms with Crippen molar-refractivity contribution in [2.24, 2.45) is 5.73 Å². The van der Waals surface area contributed by atoms with Gasteiger partial charge in [0, 0.05) is 28.5 Å². The van der Waals surface area contributed by atoms with Crippen molar-refractivity contribution in [3.8, 4) is 0 Å². The molecular weight excluding hydrogens is 413 g/mol. The zero-order valence-electron chi connectivity index (χ0n) is 16.0. The Bertz CT molecular complexity index is 918. The van der Waals surface area contributed by atoms with E-state index < -0.39 is 12.0 Å². The molecule has 154 valence electrons. The SMILES string of the molecule is CC(=O)NN1c2cc(Cl)cc(Cl)c2C(c2ccc(CCCN)cc2)CC1C(=O)O. The summed E-state index contributed by atoms with van der Waals surface area (Å²) in [7, 11) is 0. The van der Waals surface area contributed by atoms with E-state index in [1.807, 2.05) is 24.3 Å². The number of nitrogens with one attached hydrogen (secondary N) is 1. The van der Waals surface area contributed by atoms with Gasteiger partial charge in [-0.15, -0.1) is 0 Å². The van der Waals surface area contributed by atoms with Gasteiger partial charge in [-0.3, -0.25) is 15.2 Å². The zero-order valence-corrected chi connectivity index (χ0v) is 17.5. The minimum atomic E-state index is -1.04. The molecule has 0 aliphatic carbocycles. The predicted molar refractivity (Wildman–Crippen MR) is 114 cm³/mol. The largest absolute Gasteiger partial charge is 0.480 e.